The van der Waals surface area contributed by atoms with Crippen molar-refractivity contribution in [1.82, 2.24) is 0 Å². The SMILES string of the molecule is COC(=O)c1cc(CC#N)ccc1CC#N. The van der Waals surface area contributed by atoms with Gasteiger partial charge < -0.3 is 4.74 Å². The van der Waals surface area contributed by atoms with Crippen molar-refractivity contribution >= 4 is 5.97 Å². The second-order valence-electron chi connectivity index (χ2n) is 3.15. The molecule has 0 heterocycles. The summed E-state index contributed by atoms with van der Waals surface area (Å²) in [6.45, 7) is 0. The standard InChI is InChI=1S/C12H10N2O2/c1-16-12(15)11-8-9(4-6-13)2-3-10(11)5-7-14/h2-3,8H,4-5H2,1H3. The third-order valence-corrected chi connectivity index (χ3v) is 2.13. The molecule has 1 aromatic carbocycles. The Labute approximate surface area is 93.7 Å². The van der Waals surface area contributed by atoms with Gasteiger partial charge in [0.15, 0.2) is 0 Å². The summed E-state index contributed by atoms with van der Waals surface area (Å²) in [6.07, 6.45) is 0.383. The molecule has 0 atom stereocenters. The van der Waals surface area contributed by atoms with Crippen molar-refractivity contribution in [3.05, 3.63) is 34.9 Å². The fraction of sp³-hybridized carbons (Fsp3) is 0.250. The van der Waals surface area contributed by atoms with Crippen LogP contribution in [0, 0.1) is 22.7 Å². The van der Waals surface area contributed by atoms with Crippen LogP contribution >= 0.6 is 0 Å². The van der Waals surface area contributed by atoms with Gasteiger partial charge in [-0.2, -0.15) is 10.5 Å². The molecule has 0 fully saturated rings. The maximum atomic E-state index is 11.5. The molecule has 1 rings (SSSR count). The minimum absolute atomic E-state index is 0.150. The summed E-state index contributed by atoms with van der Waals surface area (Å²) >= 11 is 0. The largest absolute Gasteiger partial charge is 0.465 e. The average Bonchev–Trinajstić information content (AvgIpc) is 2.31. The second kappa shape index (κ2) is 5.53. The molecule has 0 amide bonds. The molecule has 1 aromatic rings. The maximum Gasteiger partial charge on any atom is 0.338 e. The van der Waals surface area contributed by atoms with Crippen LogP contribution in [0.3, 0.4) is 0 Å². The predicted molar refractivity (Wildman–Crippen MR) is 56.4 cm³/mol. The Bertz CT molecular complexity index is 481. The number of carbonyl (C=O) groups excluding carboxylic acids is 1. The molecule has 0 saturated carbocycles. The number of methoxy groups -OCH3 is 1. The van der Waals surface area contributed by atoms with E-state index in [0.717, 1.165) is 5.56 Å². The first kappa shape index (κ1) is 11.7. The topological polar surface area (TPSA) is 73.9 Å². The number of nitrogens with zero attached hydrogens (tertiary/aromatic N) is 2. The molecule has 0 aromatic heterocycles. The minimum Gasteiger partial charge on any atom is -0.465 e. The molecule has 0 radical (unpaired) electrons. The molecule has 4 nitrogen and oxygen atoms in total. The van der Waals surface area contributed by atoms with E-state index in [0.29, 0.717) is 11.1 Å². The molecule has 0 aliphatic rings. The van der Waals surface area contributed by atoms with Gasteiger partial charge in [-0.05, 0) is 17.2 Å². The van der Waals surface area contributed by atoms with Gasteiger partial charge in [-0.15, -0.1) is 0 Å². The van der Waals surface area contributed by atoms with Gasteiger partial charge in [-0.1, -0.05) is 12.1 Å². The van der Waals surface area contributed by atoms with Crippen LogP contribution in [-0.2, 0) is 17.6 Å². The first-order chi connectivity index (χ1) is 7.72. The summed E-state index contributed by atoms with van der Waals surface area (Å²) in [5, 5.41) is 17.2. The highest BCUT2D eigenvalue weighted by Gasteiger charge is 2.12. The number of ether oxygens (including phenoxy) is 1. The number of carbonyl (C=O) groups is 1. The zero-order valence-corrected chi connectivity index (χ0v) is 8.86. The third kappa shape index (κ3) is 2.59. The summed E-state index contributed by atoms with van der Waals surface area (Å²) in [6, 6.07) is 9.00. The van der Waals surface area contributed by atoms with E-state index < -0.39 is 5.97 Å². The van der Waals surface area contributed by atoms with Crippen LogP contribution in [0.1, 0.15) is 21.5 Å². The van der Waals surface area contributed by atoms with Gasteiger partial charge in [0, 0.05) is 0 Å². The number of nitriles is 2. The average molecular weight is 214 g/mol. The van der Waals surface area contributed by atoms with Crippen LogP contribution in [0.4, 0.5) is 0 Å². The van der Waals surface area contributed by atoms with Gasteiger partial charge in [-0.3, -0.25) is 0 Å². The highest BCUT2D eigenvalue weighted by Crippen LogP contribution is 2.14. The molecule has 16 heavy (non-hydrogen) atoms. The van der Waals surface area contributed by atoms with E-state index in [1.54, 1.807) is 18.2 Å². The van der Waals surface area contributed by atoms with Crippen LogP contribution < -0.4 is 0 Å². The molecule has 4 heteroatoms. The lowest BCUT2D eigenvalue weighted by Gasteiger charge is -2.06. The quantitative estimate of drug-likeness (QED) is 0.716. The Hall–Kier alpha value is -2.33. The summed E-state index contributed by atoms with van der Waals surface area (Å²) in [7, 11) is 1.29. The Balaban J connectivity index is 3.17. The number of hydrogen-bond acceptors (Lipinski definition) is 4. The van der Waals surface area contributed by atoms with Crippen molar-refractivity contribution in [3.8, 4) is 12.1 Å². The molecule has 0 unspecified atom stereocenters. The van der Waals surface area contributed by atoms with Crippen molar-refractivity contribution in [1.29, 1.82) is 10.5 Å². The van der Waals surface area contributed by atoms with Crippen molar-refractivity contribution in [2.24, 2.45) is 0 Å². The first-order valence-corrected chi connectivity index (χ1v) is 4.67. The van der Waals surface area contributed by atoms with E-state index in [4.69, 9.17) is 10.5 Å². The molecular weight excluding hydrogens is 204 g/mol. The van der Waals surface area contributed by atoms with Gasteiger partial charge in [-0.25, -0.2) is 4.79 Å². The normalized spacial score (nSPS) is 8.94. The predicted octanol–water partition coefficient (Wildman–Crippen LogP) is 1.61. The van der Waals surface area contributed by atoms with Gasteiger partial charge in [0.1, 0.15) is 0 Å². The lowest BCUT2D eigenvalue weighted by atomic mass is 10.0. The summed E-state index contributed by atoms with van der Waals surface area (Å²) < 4.78 is 4.63. The zero-order chi connectivity index (χ0) is 12.0. The van der Waals surface area contributed by atoms with E-state index in [-0.39, 0.29) is 12.8 Å². The Morgan fingerprint density at radius 2 is 2.00 bits per heavy atom. The lowest BCUT2D eigenvalue weighted by molar-refractivity contribution is 0.0599. The van der Waals surface area contributed by atoms with E-state index in [1.807, 2.05) is 12.1 Å². The van der Waals surface area contributed by atoms with Crippen LogP contribution in [0.5, 0.6) is 0 Å². The Kier molecular flexibility index (Phi) is 4.06. The van der Waals surface area contributed by atoms with Crippen LogP contribution in [0.25, 0.3) is 0 Å². The fourth-order valence-corrected chi connectivity index (χ4v) is 1.36. The highest BCUT2D eigenvalue weighted by molar-refractivity contribution is 5.91. The smallest absolute Gasteiger partial charge is 0.338 e. The van der Waals surface area contributed by atoms with E-state index in [9.17, 15) is 4.79 Å². The Morgan fingerprint density at radius 3 is 2.56 bits per heavy atom. The number of benzene rings is 1. The zero-order valence-electron chi connectivity index (χ0n) is 8.86. The van der Waals surface area contributed by atoms with Gasteiger partial charge in [0.05, 0.1) is 37.7 Å². The van der Waals surface area contributed by atoms with Crippen LogP contribution in [-0.4, -0.2) is 13.1 Å². The van der Waals surface area contributed by atoms with E-state index >= 15 is 0 Å². The molecule has 0 N–H and O–H groups in total. The third-order valence-electron chi connectivity index (χ3n) is 2.13. The van der Waals surface area contributed by atoms with Gasteiger partial charge in [0.25, 0.3) is 0 Å². The molecule has 0 spiro atoms. The van der Waals surface area contributed by atoms with E-state index in [2.05, 4.69) is 4.74 Å². The maximum absolute atomic E-state index is 11.5. The van der Waals surface area contributed by atoms with Gasteiger partial charge >= 0.3 is 5.97 Å². The summed E-state index contributed by atoms with van der Waals surface area (Å²) in [5.41, 5.74) is 1.72. The first-order valence-electron chi connectivity index (χ1n) is 4.67. The molecule has 0 aliphatic carbocycles. The van der Waals surface area contributed by atoms with Crippen molar-refractivity contribution in [2.45, 2.75) is 12.8 Å². The van der Waals surface area contributed by atoms with E-state index in [1.165, 1.54) is 7.11 Å². The number of rotatable bonds is 3. The van der Waals surface area contributed by atoms with Crippen LogP contribution in [0.2, 0.25) is 0 Å². The fourth-order valence-electron chi connectivity index (χ4n) is 1.36. The Morgan fingerprint density at radius 1 is 1.31 bits per heavy atom. The van der Waals surface area contributed by atoms with Crippen molar-refractivity contribution in [2.75, 3.05) is 7.11 Å². The molecule has 0 bridgehead atoms. The number of hydrogen-bond donors (Lipinski definition) is 0. The molecule has 0 saturated heterocycles. The molecule has 80 valence electrons. The highest BCUT2D eigenvalue weighted by atomic mass is 16.5. The molecular formula is C12H10N2O2. The minimum atomic E-state index is -0.481. The summed E-state index contributed by atoms with van der Waals surface area (Å²) in [4.78, 5) is 11.5. The second-order valence-corrected chi connectivity index (χ2v) is 3.15. The van der Waals surface area contributed by atoms with Crippen molar-refractivity contribution < 1.29 is 9.53 Å². The van der Waals surface area contributed by atoms with Crippen molar-refractivity contribution in [3.63, 3.8) is 0 Å². The monoisotopic (exact) mass is 214 g/mol. The number of esters is 1. The van der Waals surface area contributed by atoms with Gasteiger partial charge in [0.2, 0.25) is 0 Å². The molecule has 0 aliphatic heterocycles. The summed E-state index contributed by atoms with van der Waals surface area (Å²) in [5.74, 6) is -0.481. The lowest BCUT2D eigenvalue weighted by Crippen LogP contribution is -2.06. The van der Waals surface area contributed by atoms with Crippen LogP contribution in [0.15, 0.2) is 18.2 Å².